The number of rotatable bonds is 3. The fourth-order valence-electron chi connectivity index (χ4n) is 4.24. The second-order valence-corrected chi connectivity index (χ2v) is 7.54. The Hall–Kier alpha value is -2.34. The number of H-pyrrole nitrogens is 1. The number of carbonyl (C=O) groups excluding carboxylic acids is 2. The number of hydrogen-bond acceptors (Lipinski definition) is 3. The molecule has 6 heteroatoms. The molecule has 0 radical (unpaired) electrons. The highest BCUT2D eigenvalue weighted by molar-refractivity contribution is 5.90. The minimum Gasteiger partial charge on any atom is -0.378 e. The molecular formula is C21H27N3O3. The molecule has 2 aliphatic heterocycles. The molecule has 27 heavy (non-hydrogen) atoms. The van der Waals surface area contributed by atoms with Gasteiger partial charge in [0.05, 0.1) is 19.6 Å². The van der Waals surface area contributed by atoms with Gasteiger partial charge in [-0.1, -0.05) is 18.2 Å². The number of amides is 2. The third-order valence-corrected chi connectivity index (χ3v) is 5.87. The second kappa shape index (κ2) is 7.72. The zero-order chi connectivity index (χ0) is 18.8. The van der Waals surface area contributed by atoms with Crippen molar-refractivity contribution in [2.24, 2.45) is 5.92 Å². The lowest BCUT2D eigenvalue weighted by atomic mass is 9.94. The number of aromatic nitrogens is 1. The highest BCUT2D eigenvalue weighted by Crippen LogP contribution is 2.25. The first kappa shape index (κ1) is 18.0. The van der Waals surface area contributed by atoms with E-state index in [4.69, 9.17) is 4.74 Å². The maximum absolute atomic E-state index is 12.8. The van der Waals surface area contributed by atoms with Gasteiger partial charge in [0, 0.05) is 48.7 Å². The van der Waals surface area contributed by atoms with Crippen LogP contribution in [-0.2, 0) is 20.7 Å². The van der Waals surface area contributed by atoms with Crippen molar-refractivity contribution in [3.63, 3.8) is 0 Å². The fraction of sp³-hybridized carbons (Fsp3) is 0.524. The van der Waals surface area contributed by atoms with E-state index in [2.05, 4.69) is 11.1 Å². The summed E-state index contributed by atoms with van der Waals surface area (Å²) < 4.78 is 5.33. The van der Waals surface area contributed by atoms with Gasteiger partial charge in [0.15, 0.2) is 0 Å². The first-order chi connectivity index (χ1) is 13.1. The van der Waals surface area contributed by atoms with E-state index in [1.807, 2.05) is 34.9 Å². The molecule has 0 saturated carbocycles. The van der Waals surface area contributed by atoms with Gasteiger partial charge in [0.2, 0.25) is 11.8 Å². The Morgan fingerprint density at radius 2 is 1.78 bits per heavy atom. The normalized spacial score (nSPS) is 18.9. The van der Waals surface area contributed by atoms with Crippen molar-refractivity contribution in [2.45, 2.75) is 26.2 Å². The standard InChI is InChI=1S/C21H27N3O3/c1-15-18(17-4-2-3-5-19(17)22-15)14-20(25)23-8-6-16(7-9-23)21(26)24-10-12-27-13-11-24/h2-5,16,22H,6-14H2,1H3. The number of aryl methyl sites for hydroxylation is 1. The number of benzene rings is 1. The molecule has 1 N–H and O–H groups in total. The lowest BCUT2D eigenvalue weighted by Gasteiger charge is -2.35. The molecule has 0 spiro atoms. The molecule has 2 aliphatic rings. The molecule has 4 rings (SSSR count). The van der Waals surface area contributed by atoms with Gasteiger partial charge in [-0.25, -0.2) is 0 Å². The molecule has 6 nitrogen and oxygen atoms in total. The van der Waals surface area contributed by atoms with Gasteiger partial charge < -0.3 is 19.5 Å². The molecule has 0 bridgehead atoms. The second-order valence-electron chi connectivity index (χ2n) is 7.54. The quantitative estimate of drug-likeness (QED) is 0.901. The number of hydrogen-bond donors (Lipinski definition) is 1. The summed E-state index contributed by atoms with van der Waals surface area (Å²) in [4.78, 5) is 32.7. The predicted octanol–water partition coefficient (Wildman–Crippen LogP) is 2.12. The van der Waals surface area contributed by atoms with E-state index in [9.17, 15) is 9.59 Å². The zero-order valence-electron chi connectivity index (χ0n) is 15.9. The van der Waals surface area contributed by atoms with Gasteiger partial charge in [0.1, 0.15) is 0 Å². The molecule has 2 amide bonds. The number of piperidine rings is 1. The number of nitrogens with one attached hydrogen (secondary N) is 1. The third kappa shape index (κ3) is 3.72. The van der Waals surface area contributed by atoms with Crippen LogP contribution >= 0.6 is 0 Å². The van der Waals surface area contributed by atoms with E-state index in [0.29, 0.717) is 45.8 Å². The van der Waals surface area contributed by atoms with Gasteiger partial charge >= 0.3 is 0 Å². The van der Waals surface area contributed by atoms with E-state index >= 15 is 0 Å². The topological polar surface area (TPSA) is 65.6 Å². The van der Waals surface area contributed by atoms with Crippen LogP contribution in [0.2, 0.25) is 0 Å². The third-order valence-electron chi connectivity index (χ3n) is 5.87. The molecule has 2 aromatic rings. The summed E-state index contributed by atoms with van der Waals surface area (Å²) in [6.07, 6.45) is 1.93. The molecular weight excluding hydrogens is 342 g/mol. The predicted molar refractivity (Wildman–Crippen MR) is 103 cm³/mol. The van der Waals surface area contributed by atoms with Crippen LogP contribution < -0.4 is 0 Å². The first-order valence-corrected chi connectivity index (χ1v) is 9.84. The van der Waals surface area contributed by atoms with Crippen LogP contribution in [0.15, 0.2) is 24.3 Å². The Balaban J connectivity index is 1.36. The van der Waals surface area contributed by atoms with E-state index in [0.717, 1.165) is 35.0 Å². The molecule has 1 aromatic carbocycles. The summed E-state index contributed by atoms with van der Waals surface area (Å²) in [5.74, 6) is 0.431. The molecule has 0 aliphatic carbocycles. The summed E-state index contributed by atoms with van der Waals surface area (Å²) in [6.45, 7) is 6.01. The highest BCUT2D eigenvalue weighted by atomic mass is 16.5. The van der Waals surface area contributed by atoms with Crippen LogP contribution in [0, 0.1) is 12.8 Å². The summed E-state index contributed by atoms with van der Waals surface area (Å²) in [7, 11) is 0. The summed E-state index contributed by atoms with van der Waals surface area (Å²) >= 11 is 0. The first-order valence-electron chi connectivity index (χ1n) is 9.84. The van der Waals surface area contributed by atoms with Crippen LogP contribution in [0.1, 0.15) is 24.1 Å². The average Bonchev–Trinajstić information content (AvgIpc) is 3.03. The Kier molecular flexibility index (Phi) is 5.16. The van der Waals surface area contributed by atoms with Crippen molar-refractivity contribution < 1.29 is 14.3 Å². The number of para-hydroxylation sites is 1. The van der Waals surface area contributed by atoms with E-state index < -0.39 is 0 Å². The molecule has 3 heterocycles. The summed E-state index contributed by atoms with van der Waals surface area (Å²) in [6, 6.07) is 8.11. The highest BCUT2D eigenvalue weighted by Gasteiger charge is 2.31. The van der Waals surface area contributed by atoms with Crippen LogP contribution in [-0.4, -0.2) is 66.0 Å². The minimum absolute atomic E-state index is 0.0435. The molecule has 0 unspecified atom stereocenters. The SMILES string of the molecule is Cc1[nH]c2ccccc2c1CC(=O)N1CCC(C(=O)N2CCOCC2)CC1. The number of fused-ring (bicyclic) bond motifs is 1. The maximum Gasteiger partial charge on any atom is 0.227 e. The lowest BCUT2D eigenvalue weighted by Crippen LogP contribution is -2.47. The van der Waals surface area contributed by atoms with Gasteiger partial charge in [-0.05, 0) is 31.4 Å². The van der Waals surface area contributed by atoms with Crippen LogP contribution in [0.3, 0.4) is 0 Å². The maximum atomic E-state index is 12.8. The number of morpholine rings is 1. The summed E-state index contributed by atoms with van der Waals surface area (Å²) in [5, 5.41) is 1.13. The zero-order valence-corrected chi connectivity index (χ0v) is 15.9. The molecule has 2 saturated heterocycles. The monoisotopic (exact) mass is 369 g/mol. The number of ether oxygens (including phenoxy) is 1. The van der Waals surface area contributed by atoms with E-state index in [1.165, 1.54) is 0 Å². The molecule has 144 valence electrons. The van der Waals surface area contributed by atoms with Crippen molar-refractivity contribution in [3.05, 3.63) is 35.5 Å². The van der Waals surface area contributed by atoms with E-state index in [1.54, 1.807) is 0 Å². The summed E-state index contributed by atoms with van der Waals surface area (Å²) in [5.41, 5.74) is 3.22. The van der Waals surface area contributed by atoms with Crippen LogP contribution in [0.5, 0.6) is 0 Å². The smallest absolute Gasteiger partial charge is 0.227 e. The largest absolute Gasteiger partial charge is 0.378 e. The Morgan fingerprint density at radius 1 is 1.07 bits per heavy atom. The van der Waals surface area contributed by atoms with Crippen LogP contribution in [0.4, 0.5) is 0 Å². The van der Waals surface area contributed by atoms with Gasteiger partial charge in [-0.3, -0.25) is 9.59 Å². The van der Waals surface area contributed by atoms with Crippen molar-refractivity contribution in [3.8, 4) is 0 Å². The molecule has 2 fully saturated rings. The van der Waals surface area contributed by atoms with Gasteiger partial charge in [-0.15, -0.1) is 0 Å². The van der Waals surface area contributed by atoms with Crippen molar-refractivity contribution in [2.75, 3.05) is 39.4 Å². The number of aromatic amines is 1. The molecule has 0 atom stereocenters. The van der Waals surface area contributed by atoms with Crippen molar-refractivity contribution >= 4 is 22.7 Å². The Morgan fingerprint density at radius 3 is 2.52 bits per heavy atom. The average molecular weight is 369 g/mol. The van der Waals surface area contributed by atoms with Crippen molar-refractivity contribution in [1.82, 2.24) is 14.8 Å². The van der Waals surface area contributed by atoms with E-state index in [-0.39, 0.29) is 17.7 Å². The minimum atomic E-state index is 0.0435. The Labute approximate surface area is 159 Å². The fourth-order valence-corrected chi connectivity index (χ4v) is 4.24. The van der Waals surface area contributed by atoms with Crippen molar-refractivity contribution in [1.29, 1.82) is 0 Å². The van der Waals surface area contributed by atoms with Crippen LogP contribution in [0.25, 0.3) is 10.9 Å². The number of likely N-dealkylation sites (tertiary alicyclic amines) is 1. The lowest BCUT2D eigenvalue weighted by molar-refractivity contribution is -0.143. The number of carbonyl (C=O) groups is 2. The molecule has 1 aromatic heterocycles. The van der Waals surface area contributed by atoms with Gasteiger partial charge in [0.25, 0.3) is 0 Å². The Bertz CT molecular complexity index is 830. The number of nitrogens with zero attached hydrogens (tertiary/aromatic N) is 2. The van der Waals surface area contributed by atoms with Gasteiger partial charge in [-0.2, -0.15) is 0 Å².